The first-order chi connectivity index (χ1) is 8.32. The van der Waals surface area contributed by atoms with Crippen LogP contribution in [-0.2, 0) is 9.53 Å². The van der Waals surface area contributed by atoms with Gasteiger partial charge < -0.3 is 14.9 Å². The number of rotatable bonds is 3. The molecule has 0 saturated heterocycles. The van der Waals surface area contributed by atoms with Crippen LogP contribution in [0.15, 0.2) is 11.6 Å². The number of allylic oxidation sites excluding steroid dienone is 1. The quantitative estimate of drug-likeness (QED) is 0.593. The Hall–Kier alpha value is -0.870. The third-order valence-corrected chi connectivity index (χ3v) is 4.37. The molecule has 4 heteroatoms. The molecule has 0 aromatic carbocycles. The number of carbonyl (C=O) groups excluding carboxylic acids is 1. The Morgan fingerprint density at radius 3 is 2.33 bits per heavy atom. The van der Waals surface area contributed by atoms with Gasteiger partial charge in [-0.2, -0.15) is 0 Å². The van der Waals surface area contributed by atoms with E-state index in [9.17, 15) is 15.0 Å². The third-order valence-electron chi connectivity index (χ3n) is 4.37. The number of methoxy groups -OCH3 is 1. The summed E-state index contributed by atoms with van der Waals surface area (Å²) in [4.78, 5) is 11.8. The van der Waals surface area contributed by atoms with E-state index in [1.165, 1.54) is 7.11 Å². The lowest BCUT2D eigenvalue weighted by Gasteiger charge is -2.31. The van der Waals surface area contributed by atoms with Gasteiger partial charge in [0, 0.05) is 11.5 Å². The molecule has 0 radical (unpaired) electrons. The summed E-state index contributed by atoms with van der Waals surface area (Å²) in [5.41, 5.74) is 0.0441. The van der Waals surface area contributed by atoms with Gasteiger partial charge in [-0.05, 0) is 18.3 Å². The van der Waals surface area contributed by atoms with Crippen molar-refractivity contribution in [3.05, 3.63) is 11.6 Å². The van der Waals surface area contributed by atoms with Gasteiger partial charge >= 0.3 is 5.97 Å². The smallest absolute Gasteiger partial charge is 0.333 e. The van der Waals surface area contributed by atoms with Crippen molar-refractivity contribution in [3.63, 3.8) is 0 Å². The molecule has 0 unspecified atom stereocenters. The maximum absolute atomic E-state index is 11.8. The first-order valence-electron chi connectivity index (χ1n) is 6.43. The van der Waals surface area contributed by atoms with Gasteiger partial charge in [0.2, 0.25) is 0 Å². The minimum absolute atomic E-state index is 0.0489. The van der Waals surface area contributed by atoms with Crippen molar-refractivity contribution in [2.45, 2.75) is 46.3 Å². The Balaban J connectivity index is 3.18. The minimum atomic E-state index is -0.921. The largest absolute Gasteiger partial charge is 0.466 e. The Bertz CT molecular complexity index is 346. The molecule has 1 aliphatic carbocycles. The Morgan fingerprint density at radius 2 is 1.94 bits per heavy atom. The number of esters is 1. The maximum Gasteiger partial charge on any atom is 0.333 e. The first-order valence-corrected chi connectivity index (χ1v) is 6.43. The van der Waals surface area contributed by atoms with Crippen molar-refractivity contribution < 1.29 is 19.7 Å². The number of hydrogen-bond acceptors (Lipinski definition) is 4. The van der Waals surface area contributed by atoms with Crippen molar-refractivity contribution in [3.8, 4) is 0 Å². The topological polar surface area (TPSA) is 66.8 Å². The van der Waals surface area contributed by atoms with Crippen molar-refractivity contribution in [1.82, 2.24) is 0 Å². The molecule has 0 bridgehead atoms. The molecule has 4 nitrogen and oxygen atoms in total. The van der Waals surface area contributed by atoms with Gasteiger partial charge in [0.15, 0.2) is 0 Å². The summed E-state index contributed by atoms with van der Waals surface area (Å²) in [5, 5.41) is 20.4. The van der Waals surface area contributed by atoms with Gasteiger partial charge in [0.05, 0.1) is 19.3 Å². The Morgan fingerprint density at radius 1 is 1.39 bits per heavy atom. The predicted molar refractivity (Wildman–Crippen MR) is 68.8 cm³/mol. The van der Waals surface area contributed by atoms with Crippen LogP contribution in [0.1, 0.15) is 34.1 Å². The van der Waals surface area contributed by atoms with Crippen molar-refractivity contribution in [2.24, 2.45) is 17.3 Å². The second-order valence-corrected chi connectivity index (χ2v) is 5.53. The number of aliphatic hydroxyl groups is 2. The molecule has 0 aromatic rings. The van der Waals surface area contributed by atoms with Crippen LogP contribution in [0.2, 0.25) is 0 Å². The monoisotopic (exact) mass is 256 g/mol. The van der Waals surface area contributed by atoms with Crippen molar-refractivity contribution >= 4 is 5.97 Å². The van der Waals surface area contributed by atoms with Gasteiger partial charge in [-0.15, -0.1) is 0 Å². The van der Waals surface area contributed by atoms with E-state index in [1.807, 2.05) is 20.8 Å². The molecule has 0 amide bonds. The average Bonchev–Trinajstić information content (AvgIpc) is 2.51. The fraction of sp³-hybridized carbons (Fsp3) is 0.786. The highest BCUT2D eigenvalue weighted by atomic mass is 16.5. The molecule has 4 atom stereocenters. The van der Waals surface area contributed by atoms with E-state index in [0.29, 0.717) is 5.57 Å². The molecular formula is C14H24O4. The lowest BCUT2D eigenvalue weighted by molar-refractivity contribution is -0.137. The predicted octanol–water partition coefficient (Wildman–Crippen LogP) is 1.51. The molecule has 18 heavy (non-hydrogen) atoms. The lowest BCUT2D eigenvalue weighted by Crippen LogP contribution is -2.33. The van der Waals surface area contributed by atoms with Gasteiger partial charge in [0.25, 0.3) is 0 Å². The van der Waals surface area contributed by atoms with Gasteiger partial charge in [-0.25, -0.2) is 4.79 Å². The third kappa shape index (κ3) is 2.19. The van der Waals surface area contributed by atoms with Crippen molar-refractivity contribution in [1.29, 1.82) is 0 Å². The normalized spacial score (nSPS) is 35.6. The summed E-state index contributed by atoms with van der Waals surface area (Å²) in [7, 11) is 1.33. The second kappa shape index (κ2) is 5.41. The zero-order valence-electron chi connectivity index (χ0n) is 11.8. The highest BCUT2D eigenvalue weighted by Crippen LogP contribution is 2.51. The van der Waals surface area contributed by atoms with E-state index in [4.69, 9.17) is 4.74 Å². The van der Waals surface area contributed by atoms with Gasteiger partial charge in [0.1, 0.15) is 0 Å². The van der Waals surface area contributed by atoms with Crippen LogP contribution in [0.25, 0.3) is 0 Å². The van der Waals surface area contributed by atoms with E-state index in [0.717, 1.165) is 6.42 Å². The summed E-state index contributed by atoms with van der Waals surface area (Å²) in [6.45, 7) is 7.62. The molecule has 0 aromatic heterocycles. The van der Waals surface area contributed by atoms with Gasteiger partial charge in [-0.1, -0.05) is 33.3 Å². The highest BCUT2D eigenvalue weighted by molar-refractivity contribution is 5.89. The number of carbonyl (C=O) groups is 1. The van der Waals surface area contributed by atoms with Crippen LogP contribution in [0, 0.1) is 17.3 Å². The summed E-state index contributed by atoms with van der Waals surface area (Å²) < 4.78 is 4.76. The molecule has 1 rings (SSSR count). The summed E-state index contributed by atoms with van der Waals surface area (Å²) in [6, 6.07) is 0. The molecule has 1 saturated carbocycles. The van der Waals surface area contributed by atoms with E-state index < -0.39 is 23.6 Å². The molecule has 0 heterocycles. The second-order valence-electron chi connectivity index (χ2n) is 5.53. The zero-order valence-corrected chi connectivity index (χ0v) is 11.8. The van der Waals surface area contributed by atoms with Crippen LogP contribution >= 0.6 is 0 Å². The van der Waals surface area contributed by atoms with Crippen LogP contribution in [-0.4, -0.2) is 35.5 Å². The molecular weight excluding hydrogens is 232 g/mol. The molecule has 0 spiro atoms. The highest BCUT2D eigenvalue weighted by Gasteiger charge is 2.55. The minimum Gasteiger partial charge on any atom is -0.466 e. The standard InChI is InChI=1S/C14H24O4/c1-6-8(13(17)18-5)10-9(7-2)14(3,4)12(16)11(10)15/h6,9-12,15-16H,7H2,1-5H3/b8-6+/t9-,10+,11-,12-/m0/s1. The Labute approximate surface area is 109 Å². The average molecular weight is 256 g/mol. The fourth-order valence-electron chi connectivity index (χ4n) is 3.30. The van der Waals surface area contributed by atoms with E-state index in [1.54, 1.807) is 13.0 Å². The van der Waals surface area contributed by atoms with Crippen molar-refractivity contribution in [2.75, 3.05) is 7.11 Å². The summed E-state index contributed by atoms with van der Waals surface area (Å²) in [6.07, 6.45) is 0.721. The SMILES string of the molecule is C/C=C(/C(=O)OC)[C@H]1[C@H](O)[C@H](O)C(C)(C)[C@H]1CC. The van der Waals surface area contributed by atoms with E-state index in [2.05, 4.69) is 0 Å². The number of aliphatic hydroxyl groups excluding tert-OH is 2. The first kappa shape index (κ1) is 15.2. The lowest BCUT2D eigenvalue weighted by atomic mass is 9.74. The van der Waals surface area contributed by atoms with E-state index in [-0.39, 0.29) is 11.8 Å². The van der Waals surface area contributed by atoms with Crippen LogP contribution in [0.3, 0.4) is 0 Å². The number of hydrogen-bond donors (Lipinski definition) is 2. The van der Waals surface area contributed by atoms with E-state index >= 15 is 0 Å². The van der Waals surface area contributed by atoms with Crippen LogP contribution < -0.4 is 0 Å². The fourth-order valence-corrected chi connectivity index (χ4v) is 3.30. The van der Waals surface area contributed by atoms with Crippen LogP contribution in [0.4, 0.5) is 0 Å². The molecule has 2 N–H and O–H groups in total. The molecule has 1 aliphatic rings. The Kier molecular flexibility index (Phi) is 4.56. The summed E-state index contributed by atoms with van der Waals surface area (Å²) in [5.74, 6) is -0.741. The molecule has 0 aliphatic heterocycles. The maximum atomic E-state index is 11.8. The number of ether oxygens (including phenoxy) is 1. The molecule has 104 valence electrons. The van der Waals surface area contributed by atoms with Gasteiger partial charge in [-0.3, -0.25) is 0 Å². The van der Waals surface area contributed by atoms with Crippen LogP contribution in [0.5, 0.6) is 0 Å². The summed E-state index contributed by atoms with van der Waals surface area (Å²) >= 11 is 0. The zero-order chi connectivity index (χ0) is 14.1. The molecule has 1 fully saturated rings.